The number of nitrogens with two attached hydrogens (primary N) is 1. The molecule has 4 heteroatoms. The van der Waals surface area contributed by atoms with Crippen molar-refractivity contribution in [3.05, 3.63) is 29.3 Å². The van der Waals surface area contributed by atoms with Gasteiger partial charge in [-0.15, -0.1) is 0 Å². The molecule has 2 N–H and O–H groups in total. The van der Waals surface area contributed by atoms with E-state index in [-0.39, 0.29) is 6.09 Å². The topological polar surface area (TPSA) is 55.6 Å². The van der Waals surface area contributed by atoms with Crippen molar-refractivity contribution < 1.29 is 9.53 Å². The molecule has 0 aliphatic rings. The van der Waals surface area contributed by atoms with E-state index in [1.54, 1.807) is 7.05 Å². The van der Waals surface area contributed by atoms with Crippen LogP contribution in [0.25, 0.3) is 0 Å². The summed E-state index contributed by atoms with van der Waals surface area (Å²) in [5.41, 5.74) is 7.51. The number of amides is 1. The molecule has 0 spiro atoms. The second kappa shape index (κ2) is 5.51. The summed E-state index contributed by atoms with van der Waals surface area (Å²) in [4.78, 5) is 13.0. The molecule has 0 aliphatic carbocycles. The first-order valence-corrected chi connectivity index (χ1v) is 5.24. The monoisotopic (exact) mass is 222 g/mol. The Hall–Kier alpha value is -1.55. The number of aryl methyl sites for hydroxylation is 2. The number of likely N-dealkylation sites (N-methyl/N-ethyl adjacent to an activating group) is 1. The molecular formula is C12H18N2O2. The molecule has 4 nitrogen and oxygen atoms in total. The van der Waals surface area contributed by atoms with Gasteiger partial charge in [0.2, 0.25) is 0 Å². The fourth-order valence-electron chi connectivity index (χ4n) is 1.46. The summed E-state index contributed by atoms with van der Waals surface area (Å²) in [6, 6.07) is 5.70. The number of ether oxygens (including phenoxy) is 1. The van der Waals surface area contributed by atoms with E-state index in [0.29, 0.717) is 18.8 Å². The van der Waals surface area contributed by atoms with Gasteiger partial charge in [-0.1, -0.05) is 6.07 Å². The Labute approximate surface area is 96.0 Å². The van der Waals surface area contributed by atoms with Gasteiger partial charge in [0.1, 0.15) is 5.75 Å². The van der Waals surface area contributed by atoms with Crippen LogP contribution in [0.3, 0.4) is 0 Å². The molecule has 0 saturated carbocycles. The molecule has 0 atom stereocenters. The molecule has 1 aromatic rings. The van der Waals surface area contributed by atoms with Crippen molar-refractivity contribution in [2.24, 2.45) is 5.73 Å². The van der Waals surface area contributed by atoms with Crippen molar-refractivity contribution >= 4 is 6.09 Å². The predicted molar refractivity (Wildman–Crippen MR) is 63.6 cm³/mol. The second-order valence-electron chi connectivity index (χ2n) is 3.90. The zero-order valence-corrected chi connectivity index (χ0v) is 9.99. The van der Waals surface area contributed by atoms with Crippen LogP contribution < -0.4 is 10.5 Å². The Balaban J connectivity index is 2.69. The van der Waals surface area contributed by atoms with Gasteiger partial charge >= 0.3 is 6.09 Å². The quantitative estimate of drug-likeness (QED) is 0.846. The molecule has 1 amide bonds. The number of carbonyl (C=O) groups is 1. The van der Waals surface area contributed by atoms with Crippen LogP contribution in [-0.4, -0.2) is 31.1 Å². The van der Waals surface area contributed by atoms with Crippen LogP contribution >= 0.6 is 0 Å². The fraction of sp³-hybridized carbons (Fsp3) is 0.417. The van der Waals surface area contributed by atoms with Gasteiger partial charge in [-0.2, -0.15) is 0 Å². The first-order chi connectivity index (χ1) is 7.52. The summed E-state index contributed by atoms with van der Waals surface area (Å²) in [7, 11) is 1.66. The number of hydrogen-bond acceptors (Lipinski definition) is 3. The molecule has 0 aromatic heterocycles. The highest BCUT2D eigenvalue weighted by Gasteiger charge is 2.10. The van der Waals surface area contributed by atoms with Crippen LogP contribution in [0.4, 0.5) is 4.79 Å². The van der Waals surface area contributed by atoms with E-state index < -0.39 is 0 Å². The molecule has 1 aromatic carbocycles. The normalized spacial score (nSPS) is 10.0. The third-order valence-corrected chi connectivity index (χ3v) is 2.18. The lowest BCUT2D eigenvalue weighted by Gasteiger charge is -2.15. The molecule has 0 radical (unpaired) electrons. The molecule has 16 heavy (non-hydrogen) atoms. The van der Waals surface area contributed by atoms with Gasteiger partial charge in [0, 0.05) is 20.1 Å². The molecule has 0 unspecified atom stereocenters. The van der Waals surface area contributed by atoms with E-state index in [2.05, 4.69) is 0 Å². The lowest BCUT2D eigenvalue weighted by atomic mass is 10.1. The number of benzene rings is 1. The van der Waals surface area contributed by atoms with Crippen molar-refractivity contribution in [2.75, 3.05) is 20.1 Å². The van der Waals surface area contributed by atoms with E-state index in [4.69, 9.17) is 10.5 Å². The van der Waals surface area contributed by atoms with Crippen LogP contribution in [0.5, 0.6) is 5.75 Å². The molecule has 1 rings (SSSR count). The summed E-state index contributed by atoms with van der Waals surface area (Å²) < 4.78 is 5.22. The van der Waals surface area contributed by atoms with Crippen molar-refractivity contribution in [3.63, 3.8) is 0 Å². The Kier molecular flexibility index (Phi) is 4.31. The van der Waals surface area contributed by atoms with E-state index in [1.807, 2.05) is 32.0 Å². The minimum atomic E-state index is -0.379. The van der Waals surface area contributed by atoms with E-state index in [1.165, 1.54) is 4.90 Å². The van der Waals surface area contributed by atoms with Gasteiger partial charge in [0.05, 0.1) is 0 Å². The maximum atomic E-state index is 11.6. The average Bonchev–Trinajstić information content (AvgIpc) is 2.16. The number of rotatable bonds is 3. The summed E-state index contributed by atoms with van der Waals surface area (Å²) in [5, 5.41) is 0. The molecule has 0 fully saturated rings. The van der Waals surface area contributed by atoms with Gasteiger partial charge in [-0.3, -0.25) is 0 Å². The van der Waals surface area contributed by atoms with Gasteiger partial charge < -0.3 is 15.4 Å². The minimum Gasteiger partial charge on any atom is -0.410 e. The molecule has 0 heterocycles. The van der Waals surface area contributed by atoms with Gasteiger partial charge in [0.25, 0.3) is 0 Å². The Morgan fingerprint density at radius 2 is 1.88 bits per heavy atom. The van der Waals surface area contributed by atoms with E-state index in [9.17, 15) is 4.79 Å². The van der Waals surface area contributed by atoms with E-state index >= 15 is 0 Å². The highest BCUT2D eigenvalue weighted by Crippen LogP contribution is 2.16. The third kappa shape index (κ3) is 3.55. The molecule has 88 valence electrons. The molecule has 0 aliphatic heterocycles. The summed E-state index contributed by atoms with van der Waals surface area (Å²) in [6.45, 7) is 4.85. The zero-order chi connectivity index (χ0) is 12.1. The second-order valence-corrected chi connectivity index (χ2v) is 3.90. The van der Waals surface area contributed by atoms with Crippen molar-refractivity contribution in [3.8, 4) is 5.75 Å². The molecule has 0 bridgehead atoms. The van der Waals surface area contributed by atoms with Crippen molar-refractivity contribution in [1.29, 1.82) is 0 Å². The maximum Gasteiger partial charge on any atom is 0.415 e. The zero-order valence-electron chi connectivity index (χ0n) is 9.99. The Bertz CT molecular complexity index is 357. The summed E-state index contributed by atoms with van der Waals surface area (Å²) in [5.74, 6) is 0.575. The summed E-state index contributed by atoms with van der Waals surface area (Å²) in [6.07, 6.45) is -0.379. The van der Waals surface area contributed by atoms with Gasteiger partial charge in [-0.25, -0.2) is 4.79 Å². The van der Waals surface area contributed by atoms with Crippen molar-refractivity contribution in [1.82, 2.24) is 4.90 Å². The highest BCUT2D eigenvalue weighted by molar-refractivity contribution is 5.70. The third-order valence-electron chi connectivity index (χ3n) is 2.18. The fourth-order valence-corrected chi connectivity index (χ4v) is 1.46. The lowest BCUT2D eigenvalue weighted by Crippen LogP contribution is -2.33. The van der Waals surface area contributed by atoms with Crippen LogP contribution in [0.2, 0.25) is 0 Å². The van der Waals surface area contributed by atoms with Crippen LogP contribution in [0, 0.1) is 13.8 Å². The van der Waals surface area contributed by atoms with Crippen LogP contribution in [0.15, 0.2) is 18.2 Å². The minimum absolute atomic E-state index is 0.379. The highest BCUT2D eigenvalue weighted by atomic mass is 16.6. The number of carbonyl (C=O) groups excluding carboxylic acids is 1. The van der Waals surface area contributed by atoms with Crippen molar-refractivity contribution in [2.45, 2.75) is 13.8 Å². The smallest absolute Gasteiger partial charge is 0.410 e. The van der Waals surface area contributed by atoms with Gasteiger partial charge in [0.15, 0.2) is 0 Å². The molecule has 0 saturated heterocycles. The standard InChI is InChI=1S/C12H18N2O2/c1-9-6-10(2)8-11(7-9)16-12(15)14(3)5-4-13/h6-8H,4-5,13H2,1-3H3. The first kappa shape index (κ1) is 12.5. The molecular weight excluding hydrogens is 204 g/mol. The lowest BCUT2D eigenvalue weighted by molar-refractivity contribution is 0.164. The first-order valence-electron chi connectivity index (χ1n) is 5.24. The largest absolute Gasteiger partial charge is 0.415 e. The summed E-state index contributed by atoms with van der Waals surface area (Å²) >= 11 is 0. The maximum absolute atomic E-state index is 11.6. The number of nitrogens with zero attached hydrogens (tertiary/aromatic N) is 1. The Morgan fingerprint density at radius 1 is 1.31 bits per heavy atom. The Morgan fingerprint density at radius 3 is 2.38 bits per heavy atom. The van der Waals surface area contributed by atoms with Crippen LogP contribution in [-0.2, 0) is 0 Å². The van der Waals surface area contributed by atoms with Crippen LogP contribution in [0.1, 0.15) is 11.1 Å². The predicted octanol–water partition coefficient (Wildman–Crippen LogP) is 1.69. The van der Waals surface area contributed by atoms with Gasteiger partial charge in [-0.05, 0) is 37.1 Å². The SMILES string of the molecule is Cc1cc(C)cc(OC(=O)N(C)CCN)c1. The number of hydrogen-bond donors (Lipinski definition) is 1. The average molecular weight is 222 g/mol. The van der Waals surface area contributed by atoms with E-state index in [0.717, 1.165) is 11.1 Å².